The van der Waals surface area contributed by atoms with Crippen molar-refractivity contribution in [1.29, 1.82) is 0 Å². The number of hydrogen-bond donors (Lipinski definition) is 2. The zero-order valence-electron chi connectivity index (χ0n) is 9.69. The molecule has 0 atom stereocenters. The number of nitrogen functional groups attached to an aromatic ring is 1. The van der Waals surface area contributed by atoms with E-state index in [0.717, 1.165) is 18.4 Å². The van der Waals surface area contributed by atoms with Gasteiger partial charge in [0.1, 0.15) is 5.69 Å². The maximum absolute atomic E-state index is 11.8. The molecule has 0 aliphatic heterocycles. The molecule has 17 heavy (non-hydrogen) atoms. The summed E-state index contributed by atoms with van der Waals surface area (Å²) in [6.07, 6.45) is 5.39. The van der Waals surface area contributed by atoms with Crippen molar-refractivity contribution in [3.8, 4) is 0 Å². The zero-order chi connectivity index (χ0) is 11.8. The zero-order valence-corrected chi connectivity index (χ0v) is 10.5. The van der Waals surface area contributed by atoms with E-state index in [4.69, 9.17) is 5.73 Å². The second-order valence-corrected chi connectivity index (χ2v) is 6.01. The van der Waals surface area contributed by atoms with E-state index in [0.29, 0.717) is 16.7 Å². The van der Waals surface area contributed by atoms with Crippen LogP contribution in [0.3, 0.4) is 0 Å². The first-order valence-corrected chi connectivity index (χ1v) is 7.11. The summed E-state index contributed by atoms with van der Waals surface area (Å²) in [6.45, 7) is 0.811. The van der Waals surface area contributed by atoms with Gasteiger partial charge in [-0.05, 0) is 43.4 Å². The van der Waals surface area contributed by atoms with Crippen molar-refractivity contribution >= 4 is 22.4 Å². The minimum atomic E-state index is -0.0794. The van der Waals surface area contributed by atoms with Gasteiger partial charge in [0, 0.05) is 11.9 Å². The Labute approximate surface area is 105 Å². The molecule has 2 aliphatic carbocycles. The molecular weight excluding hydrogens is 234 g/mol. The van der Waals surface area contributed by atoms with E-state index in [1.807, 2.05) is 0 Å². The van der Waals surface area contributed by atoms with Crippen molar-refractivity contribution in [2.24, 2.45) is 17.8 Å². The number of carbonyl (C=O) groups excluding carboxylic acids is 1. The highest BCUT2D eigenvalue weighted by atomic mass is 32.1. The minimum Gasteiger partial charge on any atom is -0.375 e. The Hall–Kier alpha value is -1.10. The monoisotopic (exact) mass is 251 g/mol. The molecule has 3 N–H and O–H groups in total. The largest absolute Gasteiger partial charge is 0.375 e. The third-order valence-electron chi connectivity index (χ3n) is 3.71. The highest BCUT2D eigenvalue weighted by molar-refractivity contribution is 7.13. The van der Waals surface area contributed by atoms with Crippen molar-refractivity contribution < 1.29 is 4.79 Å². The lowest BCUT2D eigenvalue weighted by molar-refractivity contribution is 0.0939. The number of thiazole rings is 1. The smallest absolute Gasteiger partial charge is 0.270 e. The second kappa shape index (κ2) is 4.29. The number of rotatable bonds is 5. The lowest BCUT2D eigenvalue weighted by Crippen LogP contribution is -2.31. The molecule has 4 nitrogen and oxygen atoms in total. The number of nitrogens with two attached hydrogens (primary N) is 1. The standard InChI is InChI=1S/C12H17N3OS/c13-12-15-10(6-17-12)11(16)14-5-9(7-1-2-7)8-3-4-8/h6-9H,1-5H2,(H2,13,15)(H,14,16). The number of nitrogens with one attached hydrogen (secondary N) is 1. The van der Waals surface area contributed by atoms with E-state index in [1.165, 1.54) is 37.0 Å². The summed E-state index contributed by atoms with van der Waals surface area (Å²) in [4.78, 5) is 15.8. The van der Waals surface area contributed by atoms with Crippen LogP contribution in [0.4, 0.5) is 5.13 Å². The molecule has 2 aliphatic rings. The van der Waals surface area contributed by atoms with Gasteiger partial charge in [-0.1, -0.05) is 0 Å². The summed E-state index contributed by atoms with van der Waals surface area (Å²) >= 11 is 1.31. The molecule has 3 rings (SSSR count). The van der Waals surface area contributed by atoms with Crippen molar-refractivity contribution in [3.63, 3.8) is 0 Å². The molecule has 2 saturated carbocycles. The van der Waals surface area contributed by atoms with Crippen molar-refractivity contribution in [2.75, 3.05) is 12.3 Å². The molecule has 1 heterocycles. The first-order valence-electron chi connectivity index (χ1n) is 6.23. The van der Waals surface area contributed by atoms with Crippen LogP contribution in [0.1, 0.15) is 36.2 Å². The fraction of sp³-hybridized carbons (Fsp3) is 0.667. The summed E-state index contributed by atoms with van der Waals surface area (Å²) in [6, 6.07) is 0. The maximum atomic E-state index is 11.8. The summed E-state index contributed by atoms with van der Waals surface area (Å²) in [5.41, 5.74) is 5.97. The number of anilines is 1. The SMILES string of the molecule is Nc1nc(C(=O)NCC(C2CC2)C2CC2)cs1. The Balaban J connectivity index is 1.54. The van der Waals surface area contributed by atoms with Gasteiger partial charge in [0.2, 0.25) is 0 Å². The van der Waals surface area contributed by atoms with Crippen LogP contribution in [0, 0.1) is 17.8 Å². The van der Waals surface area contributed by atoms with Crippen LogP contribution >= 0.6 is 11.3 Å². The van der Waals surface area contributed by atoms with E-state index in [9.17, 15) is 4.79 Å². The Morgan fingerprint density at radius 1 is 1.47 bits per heavy atom. The first-order chi connectivity index (χ1) is 8.24. The Morgan fingerprint density at radius 3 is 2.59 bits per heavy atom. The van der Waals surface area contributed by atoms with Crippen LogP contribution < -0.4 is 11.1 Å². The minimum absolute atomic E-state index is 0.0794. The van der Waals surface area contributed by atoms with E-state index in [1.54, 1.807) is 5.38 Å². The fourth-order valence-corrected chi connectivity index (χ4v) is 3.00. The van der Waals surface area contributed by atoms with Gasteiger partial charge < -0.3 is 11.1 Å². The van der Waals surface area contributed by atoms with Crippen LogP contribution in [0.15, 0.2) is 5.38 Å². The topological polar surface area (TPSA) is 68.0 Å². The molecule has 92 valence electrons. The van der Waals surface area contributed by atoms with Gasteiger partial charge in [0.05, 0.1) is 0 Å². The van der Waals surface area contributed by atoms with Crippen molar-refractivity contribution in [1.82, 2.24) is 10.3 Å². The molecule has 0 saturated heterocycles. The number of carbonyl (C=O) groups is 1. The Bertz CT molecular complexity index is 411. The normalized spacial score (nSPS) is 19.6. The summed E-state index contributed by atoms with van der Waals surface area (Å²) < 4.78 is 0. The van der Waals surface area contributed by atoms with Gasteiger partial charge in [-0.15, -0.1) is 11.3 Å². The molecule has 0 spiro atoms. The number of nitrogens with zero attached hydrogens (tertiary/aromatic N) is 1. The van der Waals surface area contributed by atoms with E-state index < -0.39 is 0 Å². The van der Waals surface area contributed by atoms with Gasteiger partial charge in [-0.2, -0.15) is 0 Å². The molecular formula is C12H17N3OS. The predicted molar refractivity (Wildman–Crippen MR) is 67.8 cm³/mol. The molecule has 0 unspecified atom stereocenters. The highest BCUT2D eigenvalue weighted by Crippen LogP contribution is 2.48. The van der Waals surface area contributed by atoms with Crippen LogP contribution in [-0.4, -0.2) is 17.4 Å². The molecule has 2 fully saturated rings. The molecule has 1 aromatic rings. The molecule has 0 radical (unpaired) electrons. The van der Waals surface area contributed by atoms with Gasteiger partial charge in [-0.3, -0.25) is 4.79 Å². The van der Waals surface area contributed by atoms with Crippen LogP contribution in [-0.2, 0) is 0 Å². The molecule has 5 heteroatoms. The maximum Gasteiger partial charge on any atom is 0.270 e. The average molecular weight is 251 g/mol. The molecule has 0 aromatic carbocycles. The van der Waals surface area contributed by atoms with E-state index in [2.05, 4.69) is 10.3 Å². The average Bonchev–Trinajstić information content (AvgIpc) is 3.20. The molecule has 1 amide bonds. The van der Waals surface area contributed by atoms with Crippen LogP contribution in [0.25, 0.3) is 0 Å². The van der Waals surface area contributed by atoms with Gasteiger partial charge in [0.25, 0.3) is 5.91 Å². The van der Waals surface area contributed by atoms with Crippen LogP contribution in [0.2, 0.25) is 0 Å². The predicted octanol–water partition coefficient (Wildman–Crippen LogP) is 1.89. The van der Waals surface area contributed by atoms with Crippen LogP contribution in [0.5, 0.6) is 0 Å². The van der Waals surface area contributed by atoms with E-state index >= 15 is 0 Å². The number of aromatic nitrogens is 1. The second-order valence-electron chi connectivity index (χ2n) is 5.12. The summed E-state index contributed by atoms with van der Waals surface area (Å²) in [5.74, 6) is 2.35. The van der Waals surface area contributed by atoms with Crippen molar-refractivity contribution in [3.05, 3.63) is 11.1 Å². The van der Waals surface area contributed by atoms with Gasteiger partial charge in [0.15, 0.2) is 5.13 Å². The summed E-state index contributed by atoms with van der Waals surface area (Å²) in [5, 5.41) is 5.18. The Morgan fingerprint density at radius 2 is 2.12 bits per heavy atom. The first kappa shape index (κ1) is 11.0. The molecule has 0 bridgehead atoms. The molecule has 1 aromatic heterocycles. The lowest BCUT2D eigenvalue weighted by Gasteiger charge is -2.15. The highest BCUT2D eigenvalue weighted by Gasteiger charge is 2.41. The third kappa shape index (κ3) is 2.60. The van der Waals surface area contributed by atoms with E-state index in [-0.39, 0.29) is 5.91 Å². The fourth-order valence-electron chi connectivity index (χ4n) is 2.46. The number of amides is 1. The van der Waals surface area contributed by atoms with Crippen molar-refractivity contribution in [2.45, 2.75) is 25.7 Å². The van der Waals surface area contributed by atoms with Gasteiger partial charge in [-0.25, -0.2) is 4.98 Å². The summed E-state index contributed by atoms with van der Waals surface area (Å²) in [7, 11) is 0. The Kier molecular flexibility index (Phi) is 2.78. The number of hydrogen-bond acceptors (Lipinski definition) is 4. The quantitative estimate of drug-likeness (QED) is 0.839. The lowest BCUT2D eigenvalue weighted by atomic mass is 9.98. The third-order valence-corrected chi connectivity index (χ3v) is 4.38. The van der Waals surface area contributed by atoms with Gasteiger partial charge >= 0.3 is 0 Å².